The summed E-state index contributed by atoms with van der Waals surface area (Å²) in [5.74, 6) is -0.946. The molecule has 0 unspecified atom stereocenters. The van der Waals surface area contributed by atoms with Gasteiger partial charge in [-0.1, -0.05) is 18.5 Å². The van der Waals surface area contributed by atoms with E-state index >= 15 is 0 Å². The fraction of sp³-hybridized carbons (Fsp3) is 0.308. The van der Waals surface area contributed by atoms with Crippen LogP contribution >= 0.6 is 11.6 Å². The third-order valence-electron chi connectivity index (χ3n) is 2.46. The highest BCUT2D eigenvalue weighted by Gasteiger charge is 2.06. The minimum Gasteiger partial charge on any atom is -0.478 e. The Morgan fingerprint density at radius 1 is 1.41 bits per heavy atom. The molecule has 1 rings (SSSR count). The summed E-state index contributed by atoms with van der Waals surface area (Å²) >= 11 is 5.94. The van der Waals surface area contributed by atoms with Crippen molar-refractivity contribution in [3.63, 3.8) is 0 Å². The summed E-state index contributed by atoms with van der Waals surface area (Å²) < 4.78 is 0. The molecule has 3 nitrogen and oxygen atoms in total. The van der Waals surface area contributed by atoms with Gasteiger partial charge in [-0.05, 0) is 43.5 Å². The van der Waals surface area contributed by atoms with Gasteiger partial charge in [-0.15, -0.1) is 0 Å². The van der Waals surface area contributed by atoms with Crippen LogP contribution in [-0.2, 0) is 4.79 Å². The Labute approximate surface area is 106 Å². The fourth-order valence-corrected chi connectivity index (χ4v) is 1.97. The van der Waals surface area contributed by atoms with E-state index in [1.54, 1.807) is 0 Å². The molecule has 92 valence electrons. The van der Waals surface area contributed by atoms with Gasteiger partial charge in [-0.2, -0.15) is 0 Å². The van der Waals surface area contributed by atoms with E-state index < -0.39 is 5.97 Å². The van der Waals surface area contributed by atoms with E-state index in [9.17, 15) is 4.79 Å². The number of anilines is 1. The van der Waals surface area contributed by atoms with E-state index in [0.717, 1.165) is 16.8 Å². The van der Waals surface area contributed by atoms with Crippen LogP contribution in [-0.4, -0.2) is 11.1 Å². The molecule has 0 spiro atoms. The highest BCUT2D eigenvalue weighted by molar-refractivity contribution is 6.30. The maximum Gasteiger partial charge on any atom is 0.330 e. The summed E-state index contributed by atoms with van der Waals surface area (Å²) in [6.07, 6.45) is 1.82. The second-order valence-electron chi connectivity index (χ2n) is 3.90. The molecule has 0 bridgehead atoms. The monoisotopic (exact) mass is 253 g/mol. The normalized spacial score (nSPS) is 11.4. The van der Waals surface area contributed by atoms with Gasteiger partial charge in [0, 0.05) is 22.5 Å². The second-order valence-corrected chi connectivity index (χ2v) is 4.34. The Balaban J connectivity index is 3.06. The highest BCUT2D eigenvalue weighted by atomic mass is 35.5. The lowest BCUT2D eigenvalue weighted by Crippen LogP contribution is -2.05. The molecule has 0 saturated carbocycles. The first-order chi connectivity index (χ1) is 7.93. The van der Waals surface area contributed by atoms with Gasteiger partial charge in [0.25, 0.3) is 0 Å². The number of aliphatic carboxylic acids is 1. The molecular weight excluding hydrogens is 238 g/mol. The highest BCUT2D eigenvalue weighted by Crippen LogP contribution is 2.26. The van der Waals surface area contributed by atoms with E-state index in [-0.39, 0.29) is 0 Å². The summed E-state index contributed by atoms with van der Waals surface area (Å²) in [5.41, 5.74) is 3.59. The van der Waals surface area contributed by atoms with E-state index in [1.807, 2.05) is 32.9 Å². The molecule has 0 aliphatic heterocycles. The topological polar surface area (TPSA) is 49.3 Å². The Bertz CT molecular complexity index is 443. The van der Waals surface area contributed by atoms with Gasteiger partial charge < -0.3 is 10.4 Å². The van der Waals surface area contributed by atoms with Crippen molar-refractivity contribution < 1.29 is 9.90 Å². The molecule has 1 aromatic rings. The molecule has 1 aromatic carbocycles. The molecule has 0 saturated heterocycles. The smallest absolute Gasteiger partial charge is 0.330 e. The van der Waals surface area contributed by atoms with Gasteiger partial charge in [0.05, 0.1) is 0 Å². The largest absolute Gasteiger partial charge is 0.478 e. The molecule has 17 heavy (non-hydrogen) atoms. The summed E-state index contributed by atoms with van der Waals surface area (Å²) in [4.78, 5) is 10.6. The lowest BCUT2D eigenvalue weighted by atomic mass is 10.1. The number of allylic oxidation sites excluding steroid dienone is 1. The average molecular weight is 254 g/mol. The maximum absolute atomic E-state index is 10.6. The second kappa shape index (κ2) is 5.73. The number of rotatable bonds is 4. The van der Waals surface area contributed by atoms with Crippen molar-refractivity contribution in [3.05, 3.63) is 40.1 Å². The predicted molar refractivity (Wildman–Crippen MR) is 70.6 cm³/mol. The first-order valence-electron chi connectivity index (χ1n) is 5.41. The van der Waals surface area contributed by atoms with Gasteiger partial charge in [-0.3, -0.25) is 0 Å². The summed E-state index contributed by atoms with van der Waals surface area (Å²) in [5, 5.41) is 12.6. The number of hydrogen-bond donors (Lipinski definition) is 2. The number of aryl methyl sites for hydroxylation is 2. The Kier molecular flexibility index (Phi) is 4.58. The first kappa shape index (κ1) is 13.6. The number of benzene rings is 1. The first-order valence-corrected chi connectivity index (χ1v) is 5.79. The summed E-state index contributed by atoms with van der Waals surface area (Å²) in [7, 11) is 0. The SMILES string of the molecule is CC/C(=C\C(=O)O)Nc1c(C)cc(Cl)cc1C. The van der Waals surface area contributed by atoms with E-state index in [2.05, 4.69) is 5.32 Å². The molecule has 4 heteroatoms. The molecule has 2 N–H and O–H groups in total. The van der Waals surface area contributed by atoms with E-state index in [4.69, 9.17) is 16.7 Å². The molecular formula is C13H16ClNO2. The van der Waals surface area contributed by atoms with Crippen LogP contribution in [0.3, 0.4) is 0 Å². The standard InChI is InChI=1S/C13H16ClNO2/c1-4-11(7-12(16)17)15-13-8(2)5-10(14)6-9(13)3/h5-7,15H,4H2,1-3H3,(H,16,17)/b11-7+. The van der Waals surface area contributed by atoms with Gasteiger partial charge in [0.1, 0.15) is 0 Å². The maximum atomic E-state index is 10.6. The molecule has 0 aliphatic rings. The molecule has 0 radical (unpaired) electrons. The van der Waals surface area contributed by atoms with Gasteiger partial charge in [0.2, 0.25) is 0 Å². The lowest BCUT2D eigenvalue weighted by Gasteiger charge is -2.14. The van der Waals surface area contributed by atoms with Gasteiger partial charge in [0.15, 0.2) is 0 Å². The van der Waals surface area contributed by atoms with Crippen LogP contribution in [0.4, 0.5) is 5.69 Å². The Morgan fingerprint density at radius 3 is 2.35 bits per heavy atom. The van der Waals surface area contributed by atoms with Crippen molar-refractivity contribution in [2.45, 2.75) is 27.2 Å². The minimum absolute atomic E-state index is 0.633. The zero-order valence-corrected chi connectivity index (χ0v) is 10.9. The van der Waals surface area contributed by atoms with Crippen molar-refractivity contribution in [1.82, 2.24) is 0 Å². The number of hydrogen-bond acceptors (Lipinski definition) is 2. The van der Waals surface area contributed by atoms with Crippen LogP contribution in [0, 0.1) is 13.8 Å². The van der Waals surface area contributed by atoms with Crippen LogP contribution in [0.1, 0.15) is 24.5 Å². The number of carbonyl (C=O) groups is 1. The summed E-state index contributed by atoms with van der Waals surface area (Å²) in [6, 6.07) is 3.70. The third-order valence-corrected chi connectivity index (χ3v) is 2.68. The molecule has 0 aliphatic carbocycles. The van der Waals surface area contributed by atoms with Crippen molar-refractivity contribution >= 4 is 23.3 Å². The fourth-order valence-electron chi connectivity index (χ4n) is 1.64. The molecule has 0 fully saturated rings. The molecule has 0 heterocycles. The zero-order valence-electron chi connectivity index (χ0n) is 10.2. The van der Waals surface area contributed by atoms with Crippen molar-refractivity contribution in [2.24, 2.45) is 0 Å². The van der Waals surface area contributed by atoms with Crippen LogP contribution in [0.5, 0.6) is 0 Å². The van der Waals surface area contributed by atoms with Crippen LogP contribution in [0.25, 0.3) is 0 Å². The van der Waals surface area contributed by atoms with E-state index in [1.165, 1.54) is 6.08 Å². The number of nitrogens with one attached hydrogen (secondary N) is 1. The summed E-state index contributed by atoms with van der Waals surface area (Å²) in [6.45, 7) is 5.78. The Hall–Kier alpha value is -1.48. The zero-order chi connectivity index (χ0) is 13.0. The molecule has 0 atom stereocenters. The van der Waals surface area contributed by atoms with Crippen molar-refractivity contribution in [3.8, 4) is 0 Å². The van der Waals surface area contributed by atoms with Crippen LogP contribution in [0.15, 0.2) is 23.9 Å². The van der Waals surface area contributed by atoms with Crippen molar-refractivity contribution in [2.75, 3.05) is 5.32 Å². The number of carboxylic acid groups (broad SMARTS) is 1. The average Bonchev–Trinajstić information content (AvgIpc) is 2.20. The minimum atomic E-state index is -0.946. The Morgan fingerprint density at radius 2 is 1.94 bits per heavy atom. The van der Waals surface area contributed by atoms with Crippen LogP contribution < -0.4 is 5.32 Å². The van der Waals surface area contributed by atoms with Gasteiger partial charge >= 0.3 is 5.97 Å². The third kappa shape index (κ3) is 3.79. The predicted octanol–water partition coefficient (Wildman–Crippen LogP) is 3.75. The number of halogens is 1. The molecule has 0 aromatic heterocycles. The van der Waals surface area contributed by atoms with Crippen LogP contribution in [0.2, 0.25) is 5.02 Å². The van der Waals surface area contributed by atoms with E-state index in [0.29, 0.717) is 17.1 Å². The number of carboxylic acids is 1. The van der Waals surface area contributed by atoms with Gasteiger partial charge in [-0.25, -0.2) is 4.79 Å². The quantitative estimate of drug-likeness (QED) is 0.804. The molecule has 0 amide bonds. The van der Waals surface area contributed by atoms with Crippen molar-refractivity contribution in [1.29, 1.82) is 0 Å². The lowest BCUT2D eigenvalue weighted by molar-refractivity contribution is -0.131.